The molecule has 116 valence electrons. The topological polar surface area (TPSA) is 82.9 Å². The van der Waals surface area contributed by atoms with Crippen molar-refractivity contribution in [2.75, 3.05) is 5.32 Å². The van der Waals surface area contributed by atoms with Crippen molar-refractivity contribution in [1.82, 2.24) is 5.32 Å². The number of hydrogen-bond donors (Lipinski definition) is 2. The molecule has 0 bridgehead atoms. The largest absolute Gasteiger partial charge is 0.326 e. The Morgan fingerprint density at radius 1 is 1.36 bits per heavy atom. The molecule has 1 aromatic carbocycles. The molecule has 1 saturated heterocycles. The van der Waals surface area contributed by atoms with Gasteiger partial charge >= 0.3 is 0 Å². The monoisotopic (exact) mass is 382 g/mol. The number of halogens is 1. The predicted octanol–water partition coefficient (Wildman–Crippen LogP) is 2.76. The molecule has 6 nitrogen and oxygen atoms in total. The molecule has 22 heavy (non-hydrogen) atoms. The highest BCUT2D eigenvalue weighted by atomic mass is 79.9. The van der Waals surface area contributed by atoms with Gasteiger partial charge in [-0.3, -0.25) is 9.59 Å². The van der Waals surface area contributed by atoms with Gasteiger partial charge in [-0.05, 0) is 38.1 Å². The Hall–Kier alpha value is -1.67. The van der Waals surface area contributed by atoms with E-state index in [1.807, 2.05) is 26.0 Å². The van der Waals surface area contributed by atoms with Crippen LogP contribution in [0.3, 0.4) is 0 Å². The van der Waals surface area contributed by atoms with Gasteiger partial charge in [0.05, 0.1) is 0 Å². The number of rotatable bonds is 4. The Morgan fingerprint density at radius 3 is 2.68 bits per heavy atom. The number of thioether (sulfide) groups is 1. The molecule has 0 aliphatic carbocycles. The second-order valence-corrected chi connectivity index (χ2v) is 6.91. The summed E-state index contributed by atoms with van der Waals surface area (Å²) in [7, 11) is 0. The molecule has 1 heterocycles. The zero-order valence-electron chi connectivity index (χ0n) is 12.1. The Bertz CT molecular complexity index is 639. The van der Waals surface area contributed by atoms with Crippen LogP contribution >= 0.6 is 27.7 Å². The van der Waals surface area contributed by atoms with Gasteiger partial charge in [0.15, 0.2) is 5.17 Å². The van der Waals surface area contributed by atoms with Crippen LogP contribution in [-0.4, -0.2) is 27.9 Å². The average molecular weight is 383 g/mol. The number of amides is 2. The zero-order valence-corrected chi connectivity index (χ0v) is 14.5. The van der Waals surface area contributed by atoms with Gasteiger partial charge < -0.3 is 10.6 Å². The van der Waals surface area contributed by atoms with E-state index in [1.54, 1.807) is 12.1 Å². The van der Waals surface area contributed by atoms with Crippen molar-refractivity contribution in [3.8, 4) is 0 Å². The summed E-state index contributed by atoms with van der Waals surface area (Å²) >= 11 is 4.55. The second kappa shape index (κ2) is 7.55. The SMILES string of the molecule is CC(C)=NN=C1NC(=O)C(CC(=O)Nc2ccc(Br)cc2)S1. The van der Waals surface area contributed by atoms with Crippen molar-refractivity contribution in [3.63, 3.8) is 0 Å². The molecule has 2 rings (SSSR count). The molecule has 1 aliphatic rings. The number of nitrogens with one attached hydrogen (secondary N) is 2. The summed E-state index contributed by atoms with van der Waals surface area (Å²) in [6.07, 6.45) is 0.0837. The molecule has 1 aromatic rings. The third-order valence-corrected chi connectivity index (χ3v) is 4.22. The van der Waals surface area contributed by atoms with E-state index in [4.69, 9.17) is 0 Å². The maximum atomic E-state index is 12.0. The highest BCUT2D eigenvalue weighted by Crippen LogP contribution is 2.23. The summed E-state index contributed by atoms with van der Waals surface area (Å²) in [5.41, 5.74) is 1.48. The molecule has 1 aliphatic heterocycles. The summed E-state index contributed by atoms with van der Waals surface area (Å²) in [5, 5.41) is 13.1. The highest BCUT2D eigenvalue weighted by Gasteiger charge is 2.32. The van der Waals surface area contributed by atoms with Gasteiger partial charge in [0.1, 0.15) is 5.25 Å². The van der Waals surface area contributed by atoms with E-state index in [0.29, 0.717) is 10.9 Å². The summed E-state index contributed by atoms with van der Waals surface area (Å²) < 4.78 is 0.934. The van der Waals surface area contributed by atoms with E-state index >= 15 is 0 Å². The molecule has 8 heteroatoms. The Labute approximate surface area is 141 Å². The summed E-state index contributed by atoms with van der Waals surface area (Å²) in [6, 6.07) is 7.25. The minimum absolute atomic E-state index is 0.0837. The minimum Gasteiger partial charge on any atom is -0.326 e. The number of nitrogens with zero attached hydrogens (tertiary/aromatic N) is 2. The number of anilines is 1. The Balaban J connectivity index is 1.92. The number of carbonyl (C=O) groups excluding carboxylic acids is 2. The van der Waals surface area contributed by atoms with Crippen LogP contribution < -0.4 is 10.6 Å². The van der Waals surface area contributed by atoms with Gasteiger partial charge in [-0.1, -0.05) is 27.7 Å². The fourth-order valence-electron chi connectivity index (χ4n) is 1.65. The van der Waals surface area contributed by atoms with Crippen molar-refractivity contribution < 1.29 is 9.59 Å². The van der Waals surface area contributed by atoms with Gasteiger partial charge in [-0.2, -0.15) is 5.10 Å². The quantitative estimate of drug-likeness (QED) is 0.620. The molecule has 1 fully saturated rings. The average Bonchev–Trinajstić information content (AvgIpc) is 2.79. The van der Waals surface area contributed by atoms with E-state index in [2.05, 4.69) is 36.8 Å². The lowest BCUT2D eigenvalue weighted by Crippen LogP contribution is -2.28. The molecular weight excluding hydrogens is 368 g/mol. The van der Waals surface area contributed by atoms with E-state index < -0.39 is 5.25 Å². The third-order valence-electron chi connectivity index (χ3n) is 2.62. The van der Waals surface area contributed by atoms with E-state index in [-0.39, 0.29) is 18.2 Å². The van der Waals surface area contributed by atoms with Gasteiger partial charge in [0, 0.05) is 22.3 Å². The first kappa shape index (κ1) is 16.7. The lowest BCUT2D eigenvalue weighted by Gasteiger charge is -2.07. The summed E-state index contributed by atoms with van der Waals surface area (Å²) in [6.45, 7) is 3.63. The molecule has 2 amide bonds. The minimum atomic E-state index is -0.485. The van der Waals surface area contributed by atoms with Crippen molar-refractivity contribution in [2.45, 2.75) is 25.5 Å². The van der Waals surface area contributed by atoms with Crippen LogP contribution in [0.5, 0.6) is 0 Å². The van der Waals surface area contributed by atoms with Gasteiger partial charge in [0.25, 0.3) is 0 Å². The Morgan fingerprint density at radius 2 is 2.05 bits per heavy atom. The second-order valence-electron chi connectivity index (χ2n) is 4.81. The van der Waals surface area contributed by atoms with E-state index in [1.165, 1.54) is 11.8 Å². The lowest BCUT2D eigenvalue weighted by atomic mass is 10.2. The molecule has 1 unspecified atom stereocenters. The van der Waals surface area contributed by atoms with E-state index in [9.17, 15) is 9.59 Å². The summed E-state index contributed by atoms with van der Waals surface area (Å²) in [4.78, 5) is 23.8. The van der Waals surface area contributed by atoms with Crippen LogP contribution in [0, 0.1) is 0 Å². The van der Waals surface area contributed by atoms with Crippen LogP contribution in [0.25, 0.3) is 0 Å². The third kappa shape index (κ3) is 4.96. The molecule has 0 aromatic heterocycles. The van der Waals surface area contributed by atoms with Crippen molar-refractivity contribution in [1.29, 1.82) is 0 Å². The number of benzene rings is 1. The Kier molecular flexibility index (Phi) is 5.73. The fraction of sp³-hybridized carbons (Fsp3) is 0.286. The standard InChI is InChI=1S/C14H15BrN4O2S/c1-8(2)18-19-14-17-13(21)11(22-14)7-12(20)16-10-5-3-9(15)4-6-10/h3-6,11H,7H2,1-2H3,(H,16,20)(H,17,19,21). The lowest BCUT2D eigenvalue weighted by molar-refractivity contribution is -0.122. The first-order valence-electron chi connectivity index (χ1n) is 6.56. The molecule has 0 radical (unpaired) electrons. The number of hydrogen-bond acceptors (Lipinski definition) is 5. The molecular formula is C14H15BrN4O2S. The van der Waals surface area contributed by atoms with Crippen LogP contribution in [0.1, 0.15) is 20.3 Å². The maximum absolute atomic E-state index is 12.0. The van der Waals surface area contributed by atoms with Crippen LogP contribution in [-0.2, 0) is 9.59 Å². The van der Waals surface area contributed by atoms with Crippen molar-refractivity contribution in [2.24, 2.45) is 10.2 Å². The number of carbonyl (C=O) groups is 2. The molecule has 0 saturated carbocycles. The van der Waals surface area contributed by atoms with Gasteiger partial charge in [-0.15, -0.1) is 5.10 Å². The molecule has 1 atom stereocenters. The number of amidine groups is 1. The fourth-order valence-corrected chi connectivity index (χ4v) is 2.83. The summed E-state index contributed by atoms with van der Waals surface area (Å²) in [5.74, 6) is -0.440. The van der Waals surface area contributed by atoms with Crippen LogP contribution in [0.4, 0.5) is 5.69 Å². The normalized spacial score (nSPS) is 19.0. The van der Waals surface area contributed by atoms with Gasteiger partial charge in [-0.25, -0.2) is 0 Å². The molecule has 2 N–H and O–H groups in total. The first-order valence-corrected chi connectivity index (χ1v) is 8.23. The first-order chi connectivity index (χ1) is 10.4. The maximum Gasteiger partial charge on any atom is 0.240 e. The van der Waals surface area contributed by atoms with Gasteiger partial charge in [0.2, 0.25) is 11.8 Å². The zero-order chi connectivity index (χ0) is 16.1. The highest BCUT2D eigenvalue weighted by molar-refractivity contribution is 9.10. The van der Waals surface area contributed by atoms with Crippen LogP contribution in [0.15, 0.2) is 38.9 Å². The smallest absolute Gasteiger partial charge is 0.240 e. The van der Waals surface area contributed by atoms with Crippen molar-refractivity contribution in [3.05, 3.63) is 28.7 Å². The van der Waals surface area contributed by atoms with E-state index in [0.717, 1.165) is 10.2 Å². The van der Waals surface area contributed by atoms with Crippen LogP contribution in [0.2, 0.25) is 0 Å². The molecule has 0 spiro atoms. The van der Waals surface area contributed by atoms with Crippen molar-refractivity contribution >= 4 is 56.1 Å². The predicted molar refractivity (Wildman–Crippen MR) is 93.1 cm³/mol.